The van der Waals surface area contributed by atoms with Crippen molar-refractivity contribution in [1.29, 1.82) is 0 Å². The first kappa shape index (κ1) is 15.0. The number of rotatable bonds is 5. The van der Waals surface area contributed by atoms with Gasteiger partial charge in [0.15, 0.2) is 5.78 Å². The quantitative estimate of drug-likeness (QED) is 0.736. The van der Waals surface area contributed by atoms with Crippen LogP contribution in [-0.2, 0) is 11.3 Å². The van der Waals surface area contributed by atoms with Crippen LogP contribution in [0.15, 0.2) is 60.3 Å². The van der Waals surface area contributed by atoms with E-state index in [4.69, 9.17) is 0 Å². The first-order chi connectivity index (χ1) is 11.2. The van der Waals surface area contributed by atoms with E-state index in [0.29, 0.717) is 12.2 Å². The fraction of sp³-hybridized carbons (Fsp3) is 0.167. The Hall–Kier alpha value is -2.95. The summed E-state index contributed by atoms with van der Waals surface area (Å²) in [5, 5.41) is 11.6. The number of nitrogens with zero attached hydrogens (tertiary/aromatic N) is 3. The number of Topliss-reactive ketones (excluding diaryl/α,β-unsaturated/α-hetero) is 1. The Bertz CT molecular complexity index is 865. The van der Waals surface area contributed by atoms with Crippen molar-refractivity contribution in [2.45, 2.75) is 20.4 Å². The van der Waals surface area contributed by atoms with Gasteiger partial charge in [-0.1, -0.05) is 47.7 Å². The third-order valence-electron chi connectivity index (χ3n) is 3.65. The number of carbonyl (C=O) groups is 1. The second-order valence-electron chi connectivity index (χ2n) is 5.36. The van der Waals surface area contributed by atoms with Crippen LogP contribution in [0.25, 0.3) is 16.7 Å². The number of aromatic nitrogens is 3. The van der Waals surface area contributed by atoms with Crippen LogP contribution in [0.5, 0.6) is 0 Å². The van der Waals surface area contributed by atoms with Gasteiger partial charge in [-0.25, -0.2) is 4.68 Å². The average molecular weight is 306 g/mol. The number of carbonyl (C=O) groups excluding carboxylic acids is 1. The number of benzene rings is 2. The molecule has 3 aromatic rings. The van der Waals surface area contributed by atoms with Crippen LogP contribution >= 0.6 is 0 Å². The number of ketones is 1. The first-order valence-electron chi connectivity index (χ1n) is 7.47. The summed E-state index contributed by atoms with van der Waals surface area (Å²) in [5.74, 6) is -0.0567. The lowest BCUT2D eigenvalue weighted by atomic mass is 10.2. The molecule has 0 spiro atoms. The van der Waals surface area contributed by atoms with Crippen molar-refractivity contribution in [1.82, 2.24) is 20.3 Å². The predicted octanol–water partition coefficient (Wildman–Crippen LogP) is 3.00. The van der Waals surface area contributed by atoms with E-state index in [1.54, 1.807) is 11.6 Å². The summed E-state index contributed by atoms with van der Waals surface area (Å²) < 4.78 is 1.60. The van der Waals surface area contributed by atoms with Gasteiger partial charge in [0, 0.05) is 19.2 Å². The summed E-state index contributed by atoms with van der Waals surface area (Å²) in [6.45, 7) is 4.08. The van der Waals surface area contributed by atoms with E-state index in [0.717, 1.165) is 22.3 Å². The molecule has 0 unspecified atom stereocenters. The smallest absolute Gasteiger partial charge is 0.180 e. The topological polar surface area (TPSA) is 59.8 Å². The summed E-state index contributed by atoms with van der Waals surface area (Å²) in [4.78, 5) is 12.2. The van der Waals surface area contributed by atoms with E-state index in [9.17, 15) is 4.79 Å². The van der Waals surface area contributed by atoms with Crippen LogP contribution in [0.2, 0.25) is 0 Å². The molecule has 23 heavy (non-hydrogen) atoms. The van der Waals surface area contributed by atoms with Crippen molar-refractivity contribution in [3.05, 3.63) is 65.9 Å². The molecule has 0 saturated heterocycles. The maximum absolute atomic E-state index is 12.2. The molecule has 3 rings (SSSR count). The van der Waals surface area contributed by atoms with Gasteiger partial charge in [-0.15, -0.1) is 5.10 Å². The molecule has 5 heteroatoms. The van der Waals surface area contributed by atoms with Crippen molar-refractivity contribution < 1.29 is 4.79 Å². The van der Waals surface area contributed by atoms with Crippen molar-refractivity contribution in [2.75, 3.05) is 0 Å². The minimum Gasteiger partial charge on any atom is -0.383 e. The lowest BCUT2D eigenvalue weighted by molar-refractivity contribution is -0.112. The molecule has 2 aromatic carbocycles. The van der Waals surface area contributed by atoms with E-state index in [1.807, 2.05) is 61.5 Å². The van der Waals surface area contributed by atoms with Gasteiger partial charge in [0.2, 0.25) is 0 Å². The number of hydrogen-bond donors (Lipinski definition) is 1. The summed E-state index contributed by atoms with van der Waals surface area (Å²) in [6.07, 6.45) is 0. The zero-order chi connectivity index (χ0) is 16.2. The lowest BCUT2D eigenvalue weighted by Crippen LogP contribution is -2.18. The highest BCUT2D eigenvalue weighted by atomic mass is 16.1. The number of hydrogen-bond acceptors (Lipinski definition) is 4. The molecule has 1 aromatic heterocycles. The molecule has 1 N–H and O–H groups in total. The largest absolute Gasteiger partial charge is 0.383 e. The Morgan fingerprint density at radius 3 is 2.48 bits per heavy atom. The van der Waals surface area contributed by atoms with E-state index in [1.165, 1.54) is 0 Å². The van der Waals surface area contributed by atoms with Crippen LogP contribution in [0.3, 0.4) is 0 Å². The summed E-state index contributed by atoms with van der Waals surface area (Å²) >= 11 is 0. The van der Waals surface area contributed by atoms with E-state index in [2.05, 4.69) is 15.6 Å². The molecule has 0 fully saturated rings. The van der Waals surface area contributed by atoms with Crippen LogP contribution < -0.4 is 5.32 Å². The van der Waals surface area contributed by atoms with Crippen molar-refractivity contribution >= 4 is 22.5 Å². The molecule has 0 aliphatic carbocycles. The van der Waals surface area contributed by atoms with Gasteiger partial charge in [-0.2, -0.15) is 0 Å². The van der Waals surface area contributed by atoms with Gasteiger partial charge < -0.3 is 5.32 Å². The van der Waals surface area contributed by atoms with Crippen LogP contribution in [0.4, 0.5) is 0 Å². The average Bonchev–Trinajstić information content (AvgIpc) is 2.98. The third kappa shape index (κ3) is 3.13. The molecular formula is C18H18N4O. The Morgan fingerprint density at radius 1 is 1.04 bits per heavy atom. The molecule has 0 bridgehead atoms. The summed E-state index contributed by atoms with van der Waals surface area (Å²) in [5.41, 5.74) is 4.02. The van der Waals surface area contributed by atoms with Gasteiger partial charge in [-0.3, -0.25) is 4.79 Å². The monoisotopic (exact) mass is 306 g/mol. The number of nitrogens with one attached hydrogen (secondary N) is 1. The minimum absolute atomic E-state index is 0.0567. The summed E-state index contributed by atoms with van der Waals surface area (Å²) in [7, 11) is 0. The highest BCUT2D eigenvalue weighted by Gasteiger charge is 2.15. The second-order valence-corrected chi connectivity index (χ2v) is 5.36. The molecular weight excluding hydrogens is 288 g/mol. The molecule has 0 saturated carbocycles. The Morgan fingerprint density at radius 2 is 1.74 bits per heavy atom. The second kappa shape index (κ2) is 6.44. The van der Waals surface area contributed by atoms with Gasteiger partial charge in [-0.05, 0) is 24.6 Å². The van der Waals surface area contributed by atoms with Crippen LogP contribution in [-0.4, -0.2) is 20.8 Å². The maximum Gasteiger partial charge on any atom is 0.180 e. The van der Waals surface area contributed by atoms with Gasteiger partial charge in [0.1, 0.15) is 11.2 Å². The molecule has 5 nitrogen and oxygen atoms in total. The minimum atomic E-state index is -0.0567. The van der Waals surface area contributed by atoms with Crippen LogP contribution in [0.1, 0.15) is 19.4 Å². The predicted molar refractivity (Wildman–Crippen MR) is 90.4 cm³/mol. The lowest BCUT2D eigenvalue weighted by Gasteiger charge is -2.12. The third-order valence-corrected chi connectivity index (χ3v) is 3.65. The highest BCUT2D eigenvalue weighted by Crippen LogP contribution is 2.17. The van der Waals surface area contributed by atoms with Crippen molar-refractivity contribution in [2.24, 2.45) is 0 Å². The van der Waals surface area contributed by atoms with Crippen LogP contribution in [0, 0.1) is 0 Å². The number of fused-ring (bicyclic) bond motifs is 1. The fourth-order valence-electron chi connectivity index (χ4n) is 2.52. The standard InChI is InChI=1S/C18H18N4O/c1-13(19-12-15-8-4-3-5-9-15)18(14(2)23)22-17-11-7-6-10-16(17)20-21-22/h3-11,19H,12H2,1-2H3/b18-13+. The molecule has 116 valence electrons. The highest BCUT2D eigenvalue weighted by molar-refractivity contribution is 6.15. The molecule has 0 radical (unpaired) electrons. The van der Waals surface area contributed by atoms with Gasteiger partial charge in [0.05, 0.1) is 5.52 Å². The maximum atomic E-state index is 12.2. The van der Waals surface area contributed by atoms with Crippen molar-refractivity contribution in [3.8, 4) is 0 Å². The zero-order valence-corrected chi connectivity index (χ0v) is 13.2. The van der Waals surface area contributed by atoms with Gasteiger partial charge in [0.25, 0.3) is 0 Å². The molecule has 0 aliphatic heterocycles. The molecule has 1 heterocycles. The van der Waals surface area contributed by atoms with E-state index < -0.39 is 0 Å². The Balaban J connectivity index is 1.95. The first-order valence-corrected chi connectivity index (χ1v) is 7.47. The fourth-order valence-corrected chi connectivity index (χ4v) is 2.52. The van der Waals surface area contributed by atoms with Gasteiger partial charge >= 0.3 is 0 Å². The molecule has 0 amide bonds. The van der Waals surface area contributed by atoms with E-state index in [-0.39, 0.29) is 5.78 Å². The number of allylic oxidation sites excluding steroid dienone is 2. The Kier molecular flexibility index (Phi) is 4.19. The van der Waals surface area contributed by atoms with Crippen molar-refractivity contribution in [3.63, 3.8) is 0 Å². The molecule has 0 atom stereocenters. The normalized spacial score (nSPS) is 12.1. The summed E-state index contributed by atoms with van der Waals surface area (Å²) in [6, 6.07) is 17.6. The Labute approximate surface area is 134 Å². The van der Waals surface area contributed by atoms with E-state index >= 15 is 0 Å². The zero-order valence-electron chi connectivity index (χ0n) is 13.2. The number of para-hydroxylation sites is 1. The molecule has 0 aliphatic rings. The SMILES string of the molecule is CC(=O)/C(=C(/C)NCc1ccccc1)n1nnc2ccccc21.